The number of anilines is 2. The van der Waals surface area contributed by atoms with Crippen LogP contribution in [-0.4, -0.2) is 80.1 Å². The van der Waals surface area contributed by atoms with Gasteiger partial charge in [-0.15, -0.1) is 0 Å². The van der Waals surface area contributed by atoms with Crippen molar-refractivity contribution in [2.24, 2.45) is 0 Å². The van der Waals surface area contributed by atoms with Gasteiger partial charge in [0.2, 0.25) is 0 Å². The van der Waals surface area contributed by atoms with Gasteiger partial charge in [-0.1, -0.05) is 23.7 Å². The monoisotopic (exact) mass is 483 g/mol. The van der Waals surface area contributed by atoms with Crippen LogP contribution in [0.1, 0.15) is 6.92 Å². The molecule has 2 heterocycles. The number of fused-ring (bicyclic) bond motifs is 1. The molecule has 2 aromatic carbocycles. The Morgan fingerprint density at radius 2 is 1.91 bits per heavy atom. The van der Waals surface area contributed by atoms with Crippen molar-refractivity contribution in [3.05, 3.63) is 59.8 Å². The largest absolute Gasteiger partial charge is 0.492 e. The van der Waals surface area contributed by atoms with Crippen LogP contribution in [0, 0.1) is 0 Å². The predicted octanol–water partition coefficient (Wildman–Crippen LogP) is 3.47. The highest BCUT2D eigenvalue weighted by Crippen LogP contribution is 2.29. The molecule has 1 fully saturated rings. The van der Waals surface area contributed by atoms with E-state index in [2.05, 4.69) is 37.6 Å². The van der Waals surface area contributed by atoms with E-state index in [4.69, 9.17) is 16.3 Å². The SMILES string of the molecule is CCOc1ccccc1N1CCN(CC(O)CNCCNc2ccnc3cc(Cl)ccc23)CC1. The number of ether oxygens (including phenoxy) is 1. The van der Waals surface area contributed by atoms with Gasteiger partial charge in [0.25, 0.3) is 0 Å². The van der Waals surface area contributed by atoms with Crippen molar-refractivity contribution < 1.29 is 9.84 Å². The average Bonchev–Trinajstić information content (AvgIpc) is 2.85. The molecule has 34 heavy (non-hydrogen) atoms. The summed E-state index contributed by atoms with van der Waals surface area (Å²) in [6.45, 7) is 9.16. The molecule has 7 nitrogen and oxygen atoms in total. The highest BCUT2D eigenvalue weighted by atomic mass is 35.5. The fraction of sp³-hybridized carbons (Fsp3) is 0.423. The third kappa shape index (κ3) is 6.51. The summed E-state index contributed by atoms with van der Waals surface area (Å²) >= 11 is 6.06. The van der Waals surface area contributed by atoms with Crippen LogP contribution in [-0.2, 0) is 0 Å². The Labute approximate surface area is 206 Å². The summed E-state index contributed by atoms with van der Waals surface area (Å²) in [6, 6.07) is 15.9. The van der Waals surface area contributed by atoms with Crippen LogP contribution in [0.5, 0.6) is 5.75 Å². The molecule has 0 saturated carbocycles. The predicted molar refractivity (Wildman–Crippen MR) is 140 cm³/mol. The molecule has 0 spiro atoms. The number of nitrogens with one attached hydrogen (secondary N) is 2. The number of aromatic nitrogens is 1. The summed E-state index contributed by atoms with van der Waals surface area (Å²) in [6.07, 6.45) is 1.39. The molecule has 3 aromatic rings. The number of hydrogen-bond acceptors (Lipinski definition) is 7. The van der Waals surface area contributed by atoms with E-state index in [1.165, 1.54) is 0 Å². The summed E-state index contributed by atoms with van der Waals surface area (Å²) < 4.78 is 5.78. The Morgan fingerprint density at radius 3 is 2.74 bits per heavy atom. The van der Waals surface area contributed by atoms with Gasteiger partial charge in [0.1, 0.15) is 5.75 Å². The minimum Gasteiger partial charge on any atom is -0.492 e. The number of hydrogen-bond donors (Lipinski definition) is 3. The molecule has 182 valence electrons. The van der Waals surface area contributed by atoms with Gasteiger partial charge >= 0.3 is 0 Å². The molecule has 1 aromatic heterocycles. The molecule has 1 saturated heterocycles. The topological polar surface area (TPSA) is 72.9 Å². The molecule has 1 aliphatic rings. The van der Waals surface area contributed by atoms with Crippen molar-refractivity contribution in [2.75, 3.05) is 69.2 Å². The second kappa shape index (κ2) is 12.2. The number of rotatable bonds is 11. The number of β-amino-alcohol motifs (C(OH)–C–C–N with tert-alkyl or cyclic N) is 1. The number of aliphatic hydroxyl groups excluding tert-OH is 1. The molecule has 0 radical (unpaired) electrons. The van der Waals surface area contributed by atoms with E-state index in [1.807, 2.05) is 43.3 Å². The van der Waals surface area contributed by atoms with Crippen LogP contribution in [0.15, 0.2) is 54.7 Å². The first kappa shape index (κ1) is 24.5. The van der Waals surface area contributed by atoms with Crippen molar-refractivity contribution in [1.29, 1.82) is 0 Å². The van der Waals surface area contributed by atoms with E-state index in [0.29, 0.717) is 24.7 Å². The number of para-hydroxylation sites is 2. The van der Waals surface area contributed by atoms with E-state index in [0.717, 1.165) is 67.3 Å². The number of benzene rings is 2. The van der Waals surface area contributed by atoms with Crippen LogP contribution >= 0.6 is 11.6 Å². The van der Waals surface area contributed by atoms with Crippen LogP contribution in [0.3, 0.4) is 0 Å². The average molecular weight is 484 g/mol. The Bertz CT molecular complexity index is 1060. The van der Waals surface area contributed by atoms with Gasteiger partial charge in [0.15, 0.2) is 0 Å². The zero-order chi connectivity index (χ0) is 23.8. The molecule has 0 aliphatic carbocycles. The molecule has 3 N–H and O–H groups in total. The van der Waals surface area contributed by atoms with Crippen molar-refractivity contribution in [2.45, 2.75) is 13.0 Å². The minimum atomic E-state index is -0.397. The normalized spacial score (nSPS) is 15.4. The number of piperazine rings is 1. The first-order valence-electron chi connectivity index (χ1n) is 12.0. The lowest BCUT2D eigenvalue weighted by atomic mass is 10.2. The Kier molecular flexibility index (Phi) is 8.82. The quantitative estimate of drug-likeness (QED) is 0.361. The first-order valence-corrected chi connectivity index (χ1v) is 12.4. The van der Waals surface area contributed by atoms with Crippen LogP contribution < -0.4 is 20.3 Å². The van der Waals surface area contributed by atoms with Gasteiger partial charge in [-0.2, -0.15) is 0 Å². The number of aliphatic hydroxyl groups is 1. The highest BCUT2D eigenvalue weighted by Gasteiger charge is 2.21. The second-order valence-electron chi connectivity index (χ2n) is 8.49. The Hall–Kier alpha value is -2.58. The summed E-state index contributed by atoms with van der Waals surface area (Å²) in [7, 11) is 0. The lowest BCUT2D eigenvalue weighted by Gasteiger charge is -2.37. The molecule has 0 amide bonds. The molecule has 1 unspecified atom stereocenters. The molecule has 4 rings (SSSR count). The van der Waals surface area contributed by atoms with Gasteiger partial charge in [0, 0.05) is 74.7 Å². The number of pyridine rings is 1. The second-order valence-corrected chi connectivity index (χ2v) is 8.93. The van der Waals surface area contributed by atoms with E-state index in [1.54, 1.807) is 6.20 Å². The van der Waals surface area contributed by atoms with Crippen LogP contribution in [0.25, 0.3) is 10.9 Å². The minimum absolute atomic E-state index is 0.397. The molecular weight excluding hydrogens is 450 g/mol. The molecule has 1 aliphatic heterocycles. The van der Waals surface area contributed by atoms with Gasteiger partial charge in [0.05, 0.1) is 23.9 Å². The van der Waals surface area contributed by atoms with Gasteiger partial charge in [-0.25, -0.2) is 0 Å². The fourth-order valence-electron chi connectivity index (χ4n) is 4.36. The summed E-state index contributed by atoms with van der Waals surface area (Å²) in [5.74, 6) is 0.944. The maximum Gasteiger partial charge on any atom is 0.142 e. The van der Waals surface area contributed by atoms with Crippen molar-refractivity contribution in [3.8, 4) is 5.75 Å². The smallest absolute Gasteiger partial charge is 0.142 e. The van der Waals surface area contributed by atoms with Gasteiger partial charge in [-0.3, -0.25) is 9.88 Å². The molecule has 8 heteroatoms. The zero-order valence-electron chi connectivity index (χ0n) is 19.7. The van der Waals surface area contributed by atoms with Gasteiger partial charge in [-0.05, 0) is 43.3 Å². The summed E-state index contributed by atoms with van der Waals surface area (Å²) in [5.41, 5.74) is 3.07. The third-order valence-corrected chi connectivity index (χ3v) is 6.28. The summed E-state index contributed by atoms with van der Waals surface area (Å²) in [4.78, 5) is 9.07. The maximum absolute atomic E-state index is 10.5. The molecular formula is C26H34ClN5O2. The van der Waals surface area contributed by atoms with E-state index in [-0.39, 0.29) is 0 Å². The van der Waals surface area contributed by atoms with Crippen molar-refractivity contribution in [1.82, 2.24) is 15.2 Å². The molecule has 0 bridgehead atoms. The van der Waals surface area contributed by atoms with Crippen LogP contribution in [0.2, 0.25) is 5.02 Å². The number of nitrogens with zero attached hydrogens (tertiary/aromatic N) is 3. The lowest BCUT2D eigenvalue weighted by Crippen LogP contribution is -2.50. The lowest BCUT2D eigenvalue weighted by molar-refractivity contribution is 0.108. The van der Waals surface area contributed by atoms with E-state index >= 15 is 0 Å². The van der Waals surface area contributed by atoms with E-state index in [9.17, 15) is 5.11 Å². The van der Waals surface area contributed by atoms with Crippen LogP contribution in [0.4, 0.5) is 11.4 Å². The molecule has 1 atom stereocenters. The van der Waals surface area contributed by atoms with Crippen molar-refractivity contribution in [3.63, 3.8) is 0 Å². The summed E-state index contributed by atoms with van der Waals surface area (Å²) in [5, 5.41) is 19.0. The fourth-order valence-corrected chi connectivity index (χ4v) is 4.53. The maximum atomic E-state index is 10.5. The third-order valence-electron chi connectivity index (χ3n) is 6.05. The first-order chi connectivity index (χ1) is 16.6. The number of halogens is 1. The van der Waals surface area contributed by atoms with Gasteiger partial charge < -0.3 is 25.4 Å². The van der Waals surface area contributed by atoms with E-state index < -0.39 is 6.10 Å². The highest BCUT2D eigenvalue weighted by molar-refractivity contribution is 6.31. The Morgan fingerprint density at radius 1 is 1.09 bits per heavy atom. The zero-order valence-corrected chi connectivity index (χ0v) is 20.5. The standard InChI is InChI=1S/C26H34ClN5O2/c1-2-34-26-6-4-3-5-25(26)32-15-13-31(14-16-32)19-21(33)18-28-11-12-30-23-9-10-29-24-17-20(27)7-8-22(23)24/h3-10,17,21,28,33H,2,11-16,18-19H2,1H3,(H,29,30). The Balaban J connectivity index is 1.15. The van der Waals surface area contributed by atoms with Crippen molar-refractivity contribution >= 4 is 33.9 Å².